The van der Waals surface area contributed by atoms with Gasteiger partial charge in [0.2, 0.25) is 5.91 Å². The molecule has 1 aromatic heterocycles. The second kappa shape index (κ2) is 8.49. The smallest absolute Gasteiger partial charge is 0.257 e. The number of nitrogens with one attached hydrogen (secondary N) is 2. The molecule has 2 amide bonds. The molecule has 4 rings (SSSR count). The fourth-order valence-electron chi connectivity index (χ4n) is 3.77. The monoisotopic (exact) mass is 406 g/mol. The Balaban J connectivity index is 1.40. The van der Waals surface area contributed by atoms with Crippen molar-refractivity contribution in [2.75, 3.05) is 18.4 Å². The first-order valence-corrected chi connectivity index (χ1v) is 9.97. The van der Waals surface area contributed by atoms with E-state index in [-0.39, 0.29) is 23.5 Å². The van der Waals surface area contributed by atoms with Crippen molar-refractivity contribution in [2.45, 2.75) is 19.8 Å². The van der Waals surface area contributed by atoms with E-state index in [0.717, 1.165) is 29.7 Å². The first kappa shape index (κ1) is 19.8. The van der Waals surface area contributed by atoms with Gasteiger partial charge in [-0.3, -0.25) is 14.7 Å². The van der Waals surface area contributed by atoms with Gasteiger partial charge in [0.25, 0.3) is 5.91 Å². The van der Waals surface area contributed by atoms with Crippen LogP contribution in [0.15, 0.2) is 54.7 Å². The Kier molecular flexibility index (Phi) is 5.61. The van der Waals surface area contributed by atoms with Crippen molar-refractivity contribution in [3.63, 3.8) is 0 Å². The summed E-state index contributed by atoms with van der Waals surface area (Å²) in [5.41, 5.74) is 3.60. The second-order valence-electron chi connectivity index (χ2n) is 7.58. The molecule has 3 aromatic rings. The number of H-pyrrole nitrogens is 1. The number of aromatic amines is 1. The first-order valence-electron chi connectivity index (χ1n) is 9.97. The SMILES string of the molecule is Cc1[nH]ncc1C(=O)N1CCC[C@H](C(=O)Nc2ccc(-c3cccc(F)c3)cc2)C1. The van der Waals surface area contributed by atoms with Gasteiger partial charge < -0.3 is 10.2 Å². The molecule has 2 heterocycles. The van der Waals surface area contributed by atoms with Gasteiger partial charge in [-0.05, 0) is 55.2 Å². The number of hydrogen-bond acceptors (Lipinski definition) is 3. The van der Waals surface area contributed by atoms with E-state index < -0.39 is 0 Å². The topological polar surface area (TPSA) is 78.1 Å². The highest BCUT2D eigenvalue weighted by atomic mass is 19.1. The zero-order chi connectivity index (χ0) is 21.1. The van der Waals surface area contributed by atoms with Crippen LogP contribution in [0.2, 0.25) is 0 Å². The third-order valence-electron chi connectivity index (χ3n) is 5.45. The van der Waals surface area contributed by atoms with Gasteiger partial charge in [0, 0.05) is 24.5 Å². The van der Waals surface area contributed by atoms with Gasteiger partial charge >= 0.3 is 0 Å². The lowest BCUT2D eigenvalue weighted by Crippen LogP contribution is -2.43. The molecule has 6 nitrogen and oxygen atoms in total. The Labute approximate surface area is 174 Å². The van der Waals surface area contributed by atoms with Crippen molar-refractivity contribution >= 4 is 17.5 Å². The fourth-order valence-corrected chi connectivity index (χ4v) is 3.77. The van der Waals surface area contributed by atoms with Crippen molar-refractivity contribution < 1.29 is 14.0 Å². The molecule has 0 radical (unpaired) electrons. The molecule has 2 N–H and O–H groups in total. The fraction of sp³-hybridized carbons (Fsp3) is 0.261. The number of carbonyl (C=O) groups excluding carboxylic acids is 2. The van der Waals surface area contributed by atoms with Crippen LogP contribution in [0.4, 0.5) is 10.1 Å². The summed E-state index contributed by atoms with van der Waals surface area (Å²) in [4.78, 5) is 27.2. The largest absolute Gasteiger partial charge is 0.338 e. The summed E-state index contributed by atoms with van der Waals surface area (Å²) in [5, 5.41) is 9.62. The predicted octanol–water partition coefficient (Wildman–Crippen LogP) is 4.02. The summed E-state index contributed by atoms with van der Waals surface area (Å²) in [5.74, 6) is -0.752. The van der Waals surface area contributed by atoms with Crippen LogP contribution < -0.4 is 5.32 Å². The lowest BCUT2D eigenvalue weighted by atomic mass is 9.96. The number of nitrogens with zero attached hydrogens (tertiary/aromatic N) is 2. The molecule has 0 aliphatic carbocycles. The van der Waals surface area contributed by atoms with Crippen molar-refractivity contribution in [2.24, 2.45) is 5.92 Å². The minimum absolute atomic E-state index is 0.0989. The highest BCUT2D eigenvalue weighted by Gasteiger charge is 2.30. The maximum atomic E-state index is 13.4. The molecule has 1 saturated heterocycles. The van der Waals surface area contributed by atoms with Crippen LogP contribution in [0, 0.1) is 18.7 Å². The summed E-state index contributed by atoms with van der Waals surface area (Å²) in [7, 11) is 0. The van der Waals surface area contributed by atoms with Gasteiger partial charge in [0.15, 0.2) is 0 Å². The lowest BCUT2D eigenvalue weighted by Gasteiger charge is -2.32. The molecular formula is C23H23FN4O2. The summed E-state index contributed by atoms with van der Waals surface area (Å²) < 4.78 is 13.4. The molecule has 1 aliphatic heterocycles. The number of hydrogen-bond donors (Lipinski definition) is 2. The molecular weight excluding hydrogens is 383 g/mol. The number of anilines is 1. The molecule has 0 spiro atoms. The van der Waals surface area contributed by atoms with E-state index in [1.54, 1.807) is 23.1 Å². The van der Waals surface area contributed by atoms with E-state index in [1.807, 2.05) is 25.1 Å². The molecule has 1 fully saturated rings. The van der Waals surface area contributed by atoms with Crippen molar-refractivity contribution in [3.05, 3.63) is 71.8 Å². The van der Waals surface area contributed by atoms with Crippen molar-refractivity contribution in [1.29, 1.82) is 0 Å². The number of amides is 2. The second-order valence-corrected chi connectivity index (χ2v) is 7.58. The van der Waals surface area contributed by atoms with E-state index in [0.29, 0.717) is 24.3 Å². The van der Waals surface area contributed by atoms with E-state index in [4.69, 9.17) is 0 Å². The van der Waals surface area contributed by atoms with Crippen LogP contribution in [0.25, 0.3) is 11.1 Å². The number of likely N-dealkylation sites (tertiary alicyclic amines) is 1. The Morgan fingerprint density at radius 2 is 1.97 bits per heavy atom. The minimum atomic E-state index is -0.285. The molecule has 30 heavy (non-hydrogen) atoms. The zero-order valence-corrected chi connectivity index (χ0v) is 16.7. The van der Waals surface area contributed by atoms with Crippen LogP contribution in [-0.4, -0.2) is 40.0 Å². The van der Waals surface area contributed by atoms with Gasteiger partial charge in [-0.1, -0.05) is 24.3 Å². The van der Waals surface area contributed by atoms with Crippen LogP contribution in [0.5, 0.6) is 0 Å². The quantitative estimate of drug-likeness (QED) is 0.687. The Hall–Kier alpha value is -3.48. The van der Waals surface area contributed by atoms with E-state index >= 15 is 0 Å². The van der Waals surface area contributed by atoms with E-state index in [1.165, 1.54) is 18.3 Å². The molecule has 1 aliphatic rings. The Morgan fingerprint density at radius 1 is 1.17 bits per heavy atom. The standard InChI is InChI=1S/C23H23FN4O2/c1-15-21(13-25-27-15)23(30)28-11-3-5-18(14-28)22(29)26-20-9-7-16(8-10-20)17-4-2-6-19(24)12-17/h2,4,6-10,12-13,18H,3,5,11,14H2,1H3,(H,25,27)(H,26,29)/t18-/m0/s1. The number of benzene rings is 2. The Bertz CT molecular complexity index is 1060. The van der Waals surface area contributed by atoms with Crippen molar-refractivity contribution in [1.82, 2.24) is 15.1 Å². The zero-order valence-electron chi connectivity index (χ0n) is 16.7. The Morgan fingerprint density at radius 3 is 2.67 bits per heavy atom. The van der Waals surface area contributed by atoms with E-state index in [2.05, 4.69) is 15.5 Å². The highest BCUT2D eigenvalue weighted by molar-refractivity contribution is 5.97. The van der Waals surface area contributed by atoms with Gasteiger partial charge in [0.1, 0.15) is 5.82 Å². The van der Waals surface area contributed by atoms with Crippen LogP contribution >= 0.6 is 0 Å². The number of rotatable bonds is 4. The number of piperidine rings is 1. The maximum absolute atomic E-state index is 13.4. The van der Waals surface area contributed by atoms with Crippen LogP contribution in [-0.2, 0) is 4.79 Å². The minimum Gasteiger partial charge on any atom is -0.338 e. The molecule has 1 atom stereocenters. The van der Waals surface area contributed by atoms with Crippen LogP contribution in [0.1, 0.15) is 28.9 Å². The number of aromatic nitrogens is 2. The third-order valence-corrected chi connectivity index (χ3v) is 5.45. The molecule has 2 aromatic carbocycles. The normalized spacial score (nSPS) is 16.3. The van der Waals surface area contributed by atoms with Crippen LogP contribution in [0.3, 0.4) is 0 Å². The lowest BCUT2D eigenvalue weighted by molar-refractivity contribution is -0.121. The third kappa shape index (κ3) is 4.25. The first-order chi connectivity index (χ1) is 14.5. The van der Waals surface area contributed by atoms with Gasteiger partial charge in [-0.25, -0.2) is 4.39 Å². The average Bonchev–Trinajstić information content (AvgIpc) is 3.19. The number of halogens is 1. The number of carbonyl (C=O) groups is 2. The summed E-state index contributed by atoms with van der Waals surface area (Å²) in [6, 6.07) is 13.7. The number of aryl methyl sites for hydroxylation is 1. The maximum Gasteiger partial charge on any atom is 0.257 e. The molecule has 0 saturated carbocycles. The summed E-state index contributed by atoms with van der Waals surface area (Å²) in [6.45, 7) is 2.83. The van der Waals surface area contributed by atoms with E-state index in [9.17, 15) is 14.0 Å². The molecule has 0 unspecified atom stereocenters. The summed E-state index contributed by atoms with van der Waals surface area (Å²) in [6.07, 6.45) is 3.04. The van der Waals surface area contributed by atoms with Gasteiger partial charge in [-0.2, -0.15) is 5.10 Å². The van der Waals surface area contributed by atoms with Gasteiger partial charge in [-0.15, -0.1) is 0 Å². The predicted molar refractivity (Wildman–Crippen MR) is 112 cm³/mol. The molecule has 154 valence electrons. The summed E-state index contributed by atoms with van der Waals surface area (Å²) >= 11 is 0. The van der Waals surface area contributed by atoms with Crippen molar-refractivity contribution in [3.8, 4) is 11.1 Å². The molecule has 7 heteroatoms. The highest BCUT2D eigenvalue weighted by Crippen LogP contribution is 2.24. The average molecular weight is 406 g/mol. The van der Waals surface area contributed by atoms with Gasteiger partial charge in [0.05, 0.1) is 17.7 Å². The molecule has 0 bridgehead atoms.